The third-order valence-electron chi connectivity index (χ3n) is 5.53. The van der Waals surface area contributed by atoms with Crippen LogP contribution in [-0.4, -0.2) is 9.13 Å². The number of hydrogen-bond acceptors (Lipinski definition) is 2. The predicted octanol–water partition coefficient (Wildman–Crippen LogP) is 5.51. The number of nitriles is 1. The Morgan fingerprint density at radius 1 is 0.968 bits per heavy atom. The van der Waals surface area contributed by atoms with Gasteiger partial charge in [0.15, 0.2) is 0 Å². The van der Waals surface area contributed by atoms with Crippen LogP contribution >= 0.6 is 0 Å². The second kappa shape index (κ2) is 7.47. The molecule has 0 N–H and O–H groups in total. The maximum atomic E-state index is 13.1. The molecule has 0 saturated carbocycles. The number of rotatable bonds is 3. The Morgan fingerprint density at radius 2 is 1.71 bits per heavy atom. The lowest BCUT2D eigenvalue weighted by Crippen LogP contribution is -2.25. The normalized spacial score (nSPS) is 12.6. The van der Waals surface area contributed by atoms with Gasteiger partial charge in [0, 0.05) is 7.05 Å². The van der Waals surface area contributed by atoms with Gasteiger partial charge in [-0.25, -0.2) is 4.79 Å². The SMILES string of the molecule is CC(c1cccc(C(F)(F)F)c1)n1c(=O)n(C)c2cc(-c3ccccc3C#N)ccc21. The summed E-state index contributed by atoms with van der Waals surface area (Å²) >= 11 is 0. The molecule has 4 aromatic rings. The number of aromatic nitrogens is 2. The highest BCUT2D eigenvalue weighted by molar-refractivity contribution is 5.84. The van der Waals surface area contributed by atoms with Crippen LogP contribution in [0.2, 0.25) is 0 Å². The van der Waals surface area contributed by atoms with Crippen LogP contribution in [0.3, 0.4) is 0 Å². The van der Waals surface area contributed by atoms with Gasteiger partial charge in [-0.3, -0.25) is 9.13 Å². The average Bonchev–Trinajstić information content (AvgIpc) is 3.02. The minimum Gasteiger partial charge on any atom is -0.295 e. The van der Waals surface area contributed by atoms with E-state index in [2.05, 4.69) is 6.07 Å². The molecule has 7 heteroatoms. The van der Waals surface area contributed by atoms with Crippen LogP contribution in [0.25, 0.3) is 22.2 Å². The summed E-state index contributed by atoms with van der Waals surface area (Å²) in [5, 5.41) is 9.38. The lowest BCUT2D eigenvalue weighted by atomic mass is 10.00. The summed E-state index contributed by atoms with van der Waals surface area (Å²) in [6, 6.07) is 19.2. The van der Waals surface area contributed by atoms with Crippen molar-refractivity contribution in [3.63, 3.8) is 0 Å². The zero-order valence-electron chi connectivity index (χ0n) is 16.8. The Balaban J connectivity index is 1.86. The van der Waals surface area contributed by atoms with Gasteiger partial charge in [-0.2, -0.15) is 18.4 Å². The van der Waals surface area contributed by atoms with Crippen molar-refractivity contribution in [3.05, 3.63) is 93.9 Å². The Bertz CT molecular complexity index is 1390. The van der Waals surface area contributed by atoms with Crippen molar-refractivity contribution in [2.45, 2.75) is 19.1 Å². The maximum absolute atomic E-state index is 13.1. The van der Waals surface area contributed by atoms with E-state index in [4.69, 9.17) is 0 Å². The standard InChI is InChI=1S/C24H18F3N3O/c1-15(16-7-5-8-19(12-16)24(25,26)27)30-21-11-10-17(13-22(21)29(2)23(30)31)20-9-4-3-6-18(20)14-28/h3-13,15H,1-2H3. The number of alkyl halides is 3. The number of imidazole rings is 1. The number of benzene rings is 3. The van der Waals surface area contributed by atoms with E-state index in [1.807, 2.05) is 24.3 Å². The van der Waals surface area contributed by atoms with Gasteiger partial charge in [0.05, 0.1) is 34.3 Å². The van der Waals surface area contributed by atoms with E-state index in [9.17, 15) is 23.2 Å². The third kappa shape index (κ3) is 3.50. The fraction of sp³-hybridized carbons (Fsp3) is 0.167. The van der Waals surface area contributed by atoms with Crippen molar-refractivity contribution in [1.29, 1.82) is 5.26 Å². The fourth-order valence-electron chi connectivity index (χ4n) is 3.86. The lowest BCUT2D eigenvalue weighted by molar-refractivity contribution is -0.137. The Hall–Kier alpha value is -3.79. The molecule has 1 aromatic heterocycles. The molecule has 0 aliphatic heterocycles. The van der Waals surface area contributed by atoms with Gasteiger partial charge in [-0.05, 0) is 53.9 Å². The minimum atomic E-state index is -4.46. The van der Waals surface area contributed by atoms with Crippen molar-refractivity contribution < 1.29 is 13.2 Å². The average molecular weight is 421 g/mol. The Kier molecular flexibility index (Phi) is 4.94. The zero-order chi connectivity index (χ0) is 22.3. The summed E-state index contributed by atoms with van der Waals surface area (Å²) in [7, 11) is 1.63. The molecule has 4 rings (SSSR count). The summed E-state index contributed by atoms with van der Waals surface area (Å²) in [6.07, 6.45) is -4.46. The molecule has 0 saturated heterocycles. The molecule has 1 unspecified atom stereocenters. The van der Waals surface area contributed by atoms with Crippen LogP contribution in [0.15, 0.2) is 71.5 Å². The topological polar surface area (TPSA) is 50.7 Å². The van der Waals surface area contributed by atoms with Crippen LogP contribution in [0, 0.1) is 11.3 Å². The number of hydrogen-bond donors (Lipinski definition) is 0. The fourth-order valence-corrected chi connectivity index (χ4v) is 3.86. The lowest BCUT2D eigenvalue weighted by Gasteiger charge is -2.16. The largest absolute Gasteiger partial charge is 0.416 e. The molecule has 0 aliphatic carbocycles. The highest BCUT2D eigenvalue weighted by Gasteiger charge is 2.31. The van der Waals surface area contributed by atoms with Gasteiger partial charge >= 0.3 is 11.9 Å². The van der Waals surface area contributed by atoms with E-state index in [-0.39, 0.29) is 5.69 Å². The molecule has 1 atom stereocenters. The monoisotopic (exact) mass is 421 g/mol. The van der Waals surface area contributed by atoms with Crippen LogP contribution in [0.1, 0.15) is 29.7 Å². The molecular weight excluding hydrogens is 403 g/mol. The van der Waals surface area contributed by atoms with E-state index in [0.29, 0.717) is 22.2 Å². The first kappa shape index (κ1) is 20.5. The second-order valence-electron chi connectivity index (χ2n) is 7.37. The highest BCUT2D eigenvalue weighted by Crippen LogP contribution is 2.33. The molecule has 4 nitrogen and oxygen atoms in total. The van der Waals surface area contributed by atoms with E-state index >= 15 is 0 Å². The number of halogens is 3. The third-order valence-corrected chi connectivity index (χ3v) is 5.53. The van der Waals surface area contributed by atoms with Crippen molar-refractivity contribution in [3.8, 4) is 17.2 Å². The van der Waals surface area contributed by atoms with Crippen LogP contribution in [0.4, 0.5) is 13.2 Å². The number of fused-ring (bicyclic) bond motifs is 1. The van der Waals surface area contributed by atoms with Crippen LogP contribution in [0.5, 0.6) is 0 Å². The first-order valence-corrected chi connectivity index (χ1v) is 9.60. The van der Waals surface area contributed by atoms with Crippen LogP contribution in [-0.2, 0) is 13.2 Å². The van der Waals surface area contributed by atoms with Gasteiger partial charge in [0.2, 0.25) is 0 Å². The van der Waals surface area contributed by atoms with Gasteiger partial charge in [0.1, 0.15) is 0 Å². The van der Waals surface area contributed by atoms with Crippen molar-refractivity contribution in [2.24, 2.45) is 7.05 Å². The highest BCUT2D eigenvalue weighted by atomic mass is 19.4. The first-order chi connectivity index (χ1) is 14.7. The van der Waals surface area contributed by atoms with Gasteiger partial charge in [-0.15, -0.1) is 0 Å². The van der Waals surface area contributed by atoms with Crippen LogP contribution < -0.4 is 5.69 Å². The molecule has 0 bridgehead atoms. The number of aryl methyl sites for hydroxylation is 1. The summed E-state index contributed by atoms with van der Waals surface area (Å²) < 4.78 is 42.4. The molecular formula is C24H18F3N3O. The van der Waals surface area contributed by atoms with Crippen molar-refractivity contribution >= 4 is 11.0 Å². The molecule has 0 amide bonds. The molecule has 0 aliphatic rings. The quantitative estimate of drug-likeness (QED) is 0.438. The van der Waals surface area contributed by atoms with Crippen molar-refractivity contribution in [1.82, 2.24) is 9.13 Å². The smallest absolute Gasteiger partial charge is 0.295 e. The summed E-state index contributed by atoms with van der Waals surface area (Å²) in [6.45, 7) is 1.70. The molecule has 0 radical (unpaired) electrons. The van der Waals surface area contributed by atoms with Crippen molar-refractivity contribution in [2.75, 3.05) is 0 Å². The van der Waals surface area contributed by atoms with E-state index in [1.165, 1.54) is 15.2 Å². The number of nitrogens with zero attached hydrogens (tertiary/aromatic N) is 3. The first-order valence-electron chi connectivity index (χ1n) is 9.60. The van der Waals surface area contributed by atoms with Gasteiger partial charge in [-0.1, -0.05) is 36.4 Å². The Labute approximate surface area is 176 Å². The molecule has 0 fully saturated rings. The van der Waals surface area contributed by atoms with Gasteiger partial charge < -0.3 is 0 Å². The molecule has 0 spiro atoms. The molecule has 31 heavy (non-hydrogen) atoms. The molecule has 1 heterocycles. The maximum Gasteiger partial charge on any atom is 0.416 e. The van der Waals surface area contributed by atoms with E-state index in [0.717, 1.165) is 23.3 Å². The summed E-state index contributed by atoms with van der Waals surface area (Å²) in [5.41, 5.74) is 2.60. The molecule has 3 aromatic carbocycles. The second-order valence-corrected chi connectivity index (χ2v) is 7.37. The van der Waals surface area contributed by atoms with Gasteiger partial charge in [0.25, 0.3) is 0 Å². The zero-order valence-corrected chi connectivity index (χ0v) is 16.8. The Morgan fingerprint density at radius 3 is 2.42 bits per heavy atom. The predicted molar refractivity (Wildman–Crippen MR) is 113 cm³/mol. The molecule has 156 valence electrons. The minimum absolute atomic E-state index is 0.328. The summed E-state index contributed by atoms with van der Waals surface area (Å²) in [4.78, 5) is 13.0. The van der Waals surface area contributed by atoms with E-state index < -0.39 is 17.8 Å². The summed E-state index contributed by atoms with van der Waals surface area (Å²) in [5.74, 6) is 0. The van der Waals surface area contributed by atoms with E-state index in [1.54, 1.807) is 38.2 Å².